The van der Waals surface area contributed by atoms with Crippen LogP contribution in [0.25, 0.3) is 0 Å². The molecule has 1 saturated heterocycles. The van der Waals surface area contributed by atoms with Gasteiger partial charge in [-0.3, -0.25) is 4.90 Å². The highest BCUT2D eigenvalue weighted by molar-refractivity contribution is 5.68. The van der Waals surface area contributed by atoms with Crippen molar-refractivity contribution in [3.05, 3.63) is 11.4 Å². The maximum atomic E-state index is 11.9. The summed E-state index contributed by atoms with van der Waals surface area (Å²) in [6, 6.07) is 0. The van der Waals surface area contributed by atoms with Gasteiger partial charge in [0.1, 0.15) is 5.82 Å². The van der Waals surface area contributed by atoms with Gasteiger partial charge in [-0.05, 0) is 57.6 Å². The second kappa shape index (κ2) is 7.64. The fraction of sp³-hybridized carbons (Fsp3) is 0.778. The Labute approximate surface area is 150 Å². The van der Waals surface area contributed by atoms with E-state index >= 15 is 0 Å². The molecule has 2 aliphatic heterocycles. The van der Waals surface area contributed by atoms with Crippen molar-refractivity contribution in [1.82, 2.24) is 20.4 Å². The maximum Gasteiger partial charge on any atom is 0.410 e. The first-order valence-corrected chi connectivity index (χ1v) is 9.29. The topological polar surface area (TPSA) is 69.2 Å². The largest absolute Gasteiger partial charge is 0.447 e. The molecule has 1 amide bonds. The third-order valence-corrected chi connectivity index (χ3v) is 5.33. The number of hydrogen-bond acceptors (Lipinski definition) is 5. The number of nitrogens with zero attached hydrogens (tertiary/aromatic N) is 3. The van der Waals surface area contributed by atoms with Crippen molar-refractivity contribution in [3.63, 3.8) is 0 Å². The van der Waals surface area contributed by atoms with Gasteiger partial charge in [-0.2, -0.15) is 0 Å². The fourth-order valence-corrected chi connectivity index (χ4v) is 3.87. The molecular formula is C18H31N5O2. The Morgan fingerprint density at radius 1 is 1.48 bits per heavy atom. The van der Waals surface area contributed by atoms with Crippen LogP contribution in [0.3, 0.4) is 0 Å². The van der Waals surface area contributed by atoms with E-state index < -0.39 is 0 Å². The van der Waals surface area contributed by atoms with Crippen molar-refractivity contribution in [1.29, 1.82) is 0 Å². The molecule has 140 valence electrons. The summed E-state index contributed by atoms with van der Waals surface area (Å²) >= 11 is 0. The predicted octanol–water partition coefficient (Wildman–Crippen LogP) is 1.44. The minimum absolute atomic E-state index is 0.0434. The number of carbonyl (C=O) groups is 1. The summed E-state index contributed by atoms with van der Waals surface area (Å²) < 4.78 is 5.28. The van der Waals surface area contributed by atoms with Crippen LogP contribution in [0.15, 0.2) is 16.4 Å². The number of fused-ring (bicyclic) bond motifs is 1. The highest BCUT2D eigenvalue weighted by Gasteiger charge is 2.56. The summed E-state index contributed by atoms with van der Waals surface area (Å²) in [6.45, 7) is 10.4. The molecule has 25 heavy (non-hydrogen) atoms. The molecule has 2 fully saturated rings. The van der Waals surface area contributed by atoms with Gasteiger partial charge in [0.05, 0.1) is 19.1 Å². The molecule has 0 radical (unpaired) electrons. The summed E-state index contributed by atoms with van der Waals surface area (Å²) in [7, 11) is 2.12. The van der Waals surface area contributed by atoms with E-state index in [9.17, 15) is 4.79 Å². The van der Waals surface area contributed by atoms with Crippen LogP contribution in [-0.2, 0) is 4.74 Å². The Kier molecular flexibility index (Phi) is 5.51. The third-order valence-electron chi connectivity index (χ3n) is 5.33. The van der Waals surface area contributed by atoms with Gasteiger partial charge in [0, 0.05) is 26.2 Å². The van der Waals surface area contributed by atoms with Crippen molar-refractivity contribution >= 4 is 12.4 Å². The van der Waals surface area contributed by atoms with Crippen LogP contribution in [0.2, 0.25) is 0 Å². The zero-order valence-electron chi connectivity index (χ0n) is 15.8. The zero-order chi connectivity index (χ0) is 18.0. The summed E-state index contributed by atoms with van der Waals surface area (Å²) in [4.78, 5) is 20.5. The van der Waals surface area contributed by atoms with Crippen molar-refractivity contribution in [2.24, 2.45) is 22.7 Å². The SMILES string of the molecule is CC1=C(/N=C\NCN(C)C[C@@H]2[C@H]3CN(C(=O)OC(C)C)C[C@@H]23)NCC1. The average Bonchev–Trinajstić information content (AvgIpc) is 2.92. The molecule has 7 heteroatoms. The van der Waals surface area contributed by atoms with Crippen molar-refractivity contribution < 1.29 is 9.53 Å². The molecule has 1 saturated carbocycles. The number of aliphatic imine (C=N–C) groups is 1. The van der Waals surface area contributed by atoms with E-state index in [-0.39, 0.29) is 12.2 Å². The normalized spacial score (nSPS) is 28.1. The second-order valence-electron chi connectivity index (χ2n) is 7.79. The quantitative estimate of drug-likeness (QED) is 0.414. The van der Waals surface area contributed by atoms with Gasteiger partial charge in [0.15, 0.2) is 0 Å². The minimum atomic E-state index is -0.155. The number of hydrogen-bond donors (Lipinski definition) is 2. The first-order chi connectivity index (χ1) is 12.0. The lowest BCUT2D eigenvalue weighted by Crippen LogP contribution is -2.36. The average molecular weight is 349 g/mol. The Balaban J connectivity index is 1.32. The number of likely N-dealkylation sites (tertiary alicyclic amines) is 1. The molecule has 0 bridgehead atoms. The molecule has 2 N–H and O–H groups in total. The van der Waals surface area contributed by atoms with Gasteiger partial charge < -0.3 is 20.3 Å². The van der Waals surface area contributed by atoms with Gasteiger partial charge >= 0.3 is 6.09 Å². The highest BCUT2D eigenvalue weighted by Crippen LogP contribution is 2.51. The van der Waals surface area contributed by atoms with Crippen molar-refractivity contribution in [2.45, 2.75) is 33.3 Å². The lowest BCUT2D eigenvalue weighted by atomic mass is 10.2. The Morgan fingerprint density at radius 2 is 2.20 bits per heavy atom. The Hall–Kier alpha value is -1.76. The molecule has 7 nitrogen and oxygen atoms in total. The van der Waals surface area contributed by atoms with E-state index in [2.05, 4.69) is 34.5 Å². The standard InChI is InChI=1S/C18H31N5O2/c1-12(2)25-18(24)23-8-15-14(16(15)9-23)7-22(4)11-19-10-21-17-13(3)5-6-20-17/h10,12,14-16,20H,5-9,11H2,1-4H3,(H,19,21)/t14-,15-,16+. The molecule has 2 heterocycles. The van der Waals surface area contributed by atoms with E-state index in [1.54, 1.807) is 6.34 Å². The summed E-state index contributed by atoms with van der Waals surface area (Å²) in [6.07, 6.45) is 2.67. The summed E-state index contributed by atoms with van der Waals surface area (Å²) in [5, 5.41) is 6.53. The van der Waals surface area contributed by atoms with Crippen LogP contribution in [0.5, 0.6) is 0 Å². The van der Waals surface area contributed by atoms with E-state index in [0.29, 0.717) is 17.8 Å². The minimum Gasteiger partial charge on any atom is -0.447 e. The lowest BCUT2D eigenvalue weighted by Gasteiger charge is -2.22. The molecule has 0 aromatic rings. The molecule has 3 rings (SSSR count). The van der Waals surface area contributed by atoms with Gasteiger partial charge in [-0.15, -0.1) is 0 Å². The van der Waals surface area contributed by atoms with Crippen molar-refractivity contribution in [2.75, 3.05) is 39.9 Å². The molecule has 1 aliphatic carbocycles. The first-order valence-electron chi connectivity index (χ1n) is 9.29. The number of nitrogens with one attached hydrogen (secondary N) is 2. The van der Waals surface area contributed by atoms with Crippen LogP contribution in [-0.4, -0.2) is 68.2 Å². The molecule has 0 aromatic carbocycles. The van der Waals surface area contributed by atoms with E-state index in [1.807, 2.05) is 18.7 Å². The number of piperidine rings is 1. The lowest BCUT2D eigenvalue weighted by molar-refractivity contribution is 0.0783. The van der Waals surface area contributed by atoms with Crippen LogP contribution < -0.4 is 10.6 Å². The number of rotatable bonds is 7. The molecule has 0 unspecified atom stereocenters. The van der Waals surface area contributed by atoms with Crippen LogP contribution in [0.4, 0.5) is 4.79 Å². The molecule has 3 atom stereocenters. The third kappa shape index (κ3) is 4.45. The number of ether oxygens (including phenoxy) is 1. The molecule has 0 spiro atoms. The van der Waals surface area contributed by atoms with Crippen LogP contribution in [0, 0.1) is 17.8 Å². The number of amides is 1. The van der Waals surface area contributed by atoms with E-state index in [1.165, 1.54) is 5.57 Å². The highest BCUT2D eigenvalue weighted by atomic mass is 16.6. The smallest absolute Gasteiger partial charge is 0.410 e. The van der Waals surface area contributed by atoms with E-state index in [4.69, 9.17) is 4.74 Å². The van der Waals surface area contributed by atoms with Crippen molar-refractivity contribution in [3.8, 4) is 0 Å². The van der Waals surface area contributed by atoms with Gasteiger partial charge in [0.25, 0.3) is 0 Å². The second-order valence-corrected chi connectivity index (χ2v) is 7.79. The Morgan fingerprint density at radius 3 is 2.80 bits per heavy atom. The zero-order valence-corrected chi connectivity index (χ0v) is 15.8. The molecular weight excluding hydrogens is 318 g/mol. The van der Waals surface area contributed by atoms with Gasteiger partial charge in [0.2, 0.25) is 0 Å². The fourth-order valence-electron chi connectivity index (χ4n) is 3.87. The van der Waals surface area contributed by atoms with Gasteiger partial charge in [-0.25, -0.2) is 9.79 Å². The maximum absolute atomic E-state index is 11.9. The van der Waals surface area contributed by atoms with E-state index in [0.717, 1.165) is 45.1 Å². The molecule has 3 aliphatic rings. The molecule has 0 aromatic heterocycles. The van der Waals surface area contributed by atoms with Gasteiger partial charge in [-0.1, -0.05) is 0 Å². The summed E-state index contributed by atoms with van der Waals surface area (Å²) in [5.41, 5.74) is 1.32. The monoisotopic (exact) mass is 349 g/mol. The predicted molar refractivity (Wildman–Crippen MR) is 98.1 cm³/mol. The summed E-state index contributed by atoms with van der Waals surface area (Å²) in [5.74, 6) is 2.99. The van der Waals surface area contributed by atoms with Crippen LogP contribution >= 0.6 is 0 Å². The number of carbonyl (C=O) groups excluding carboxylic acids is 1. The first kappa shape index (κ1) is 18.0. The van der Waals surface area contributed by atoms with Crippen LogP contribution in [0.1, 0.15) is 27.2 Å². The Bertz CT molecular complexity index is 548.